The maximum Gasteiger partial charge on any atom is 0.311 e. The zero-order chi connectivity index (χ0) is 8.55. The van der Waals surface area contributed by atoms with Crippen molar-refractivity contribution in [3.8, 4) is 0 Å². The molecule has 4 nitrogen and oxygen atoms in total. The molecule has 2 rings (SSSR count). The van der Waals surface area contributed by atoms with Gasteiger partial charge in [0.2, 0.25) is 0 Å². The highest BCUT2D eigenvalue weighted by molar-refractivity contribution is 5.73. The van der Waals surface area contributed by atoms with E-state index in [4.69, 9.17) is 4.74 Å². The monoisotopic (exact) mass is 170 g/mol. The van der Waals surface area contributed by atoms with E-state index in [1.807, 2.05) is 0 Å². The summed E-state index contributed by atoms with van der Waals surface area (Å²) in [5, 5.41) is 4.50. The first-order valence-electron chi connectivity index (χ1n) is 4.39. The molecule has 0 aromatic rings. The van der Waals surface area contributed by atoms with Gasteiger partial charge in [0.25, 0.3) is 0 Å². The van der Waals surface area contributed by atoms with E-state index in [0.717, 1.165) is 26.2 Å². The number of methoxy groups -OCH3 is 1. The lowest BCUT2D eigenvalue weighted by Gasteiger charge is -2.16. The van der Waals surface area contributed by atoms with Crippen LogP contribution in [0.1, 0.15) is 6.42 Å². The lowest BCUT2D eigenvalue weighted by molar-refractivity contribution is -0.144. The summed E-state index contributed by atoms with van der Waals surface area (Å²) in [4.78, 5) is 11.2. The molecular formula is C8H14N2O2. The molecule has 2 aliphatic heterocycles. The molecule has 0 amide bonds. The second kappa shape index (κ2) is 3.03. The van der Waals surface area contributed by atoms with Crippen LogP contribution in [0.3, 0.4) is 0 Å². The van der Waals surface area contributed by atoms with E-state index in [2.05, 4.69) is 10.0 Å². The average Bonchev–Trinajstić information content (AvgIpc) is 2.60. The summed E-state index contributed by atoms with van der Waals surface area (Å²) in [5.41, 5.74) is 0. The Bertz CT molecular complexity index is 183. The molecule has 0 saturated carbocycles. The number of esters is 1. The van der Waals surface area contributed by atoms with Crippen molar-refractivity contribution in [1.29, 1.82) is 0 Å². The van der Waals surface area contributed by atoms with E-state index >= 15 is 0 Å². The number of ether oxygens (including phenoxy) is 1. The first kappa shape index (κ1) is 8.01. The molecule has 2 aliphatic rings. The minimum absolute atomic E-state index is 0.0654. The molecule has 2 saturated heterocycles. The van der Waals surface area contributed by atoms with Crippen LogP contribution in [-0.2, 0) is 9.53 Å². The van der Waals surface area contributed by atoms with Crippen LogP contribution in [0.15, 0.2) is 0 Å². The van der Waals surface area contributed by atoms with Crippen molar-refractivity contribution in [3.05, 3.63) is 0 Å². The predicted molar refractivity (Wildman–Crippen MR) is 43.3 cm³/mol. The quantitative estimate of drug-likeness (QED) is 0.506. The topological polar surface area (TPSA) is 32.8 Å². The number of fused-ring (bicyclic) bond motifs is 1. The third kappa shape index (κ3) is 1.21. The second-order valence-electron chi connectivity index (χ2n) is 3.40. The van der Waals surface area contributed by atoms with Crippen molar-refractivity contribution in [2.24, 2.45) is 5.92 Å². The molecule has 0 N–H and O–H groups in total. The lowest BCUT2D eigenvalue weighted by Crippen LogP contribution is -2.28. The number of hydrogen-bond acceptors (Lipinski definition) is 4. The van der Waals surface area contributed by atoms with Crippen molar-refractivity contribution < 1.29 is 9.53 Å². The van der Waals surface area contributed by atoms with Crippen LogP contribution in [-0.4, -0.2) is 49.3 Å². The van der Waals surface area contributed by atoms with Crippen LogP contribution >= 0.6 is 0 Å². The summed E-state index contributed by atoms with van der Waals surface area (Å²) in [6, 6.07) is 0. The molecule has 4 heteroatoms. The average molecular weight is 170 g/mol. The smallest absolute Gasteiger partial charge is 0.311 e. The van der Waals surface area contributed by atoms with Crippen molar-refractivity contribution in [1.82, 2.24) is 10.0 Å². The summed E-state index contributed by atoms with van der Waals surface area (Å²) in [6.45, 7) is 3.92. The van der Waals surface area contributed by atoms with E-state index < -0.39 is 0 Å². The van der Waals surface area contributed by atoms with Crippen molar-refractivity contribution in [2.75, 3.05) is 33.3 Å². The van der Waals surface area contributed by atoms with Gasteiger partial charge >= 0.3 is 5.97 Å². The van der Waals surface area contributed by atoms with Crippen LogP contribution in [0.2, 0.25) is 0 Å². The van der Waals surface area contributed by atoms with Gasteiger partial charge in [-0.25, -0.2) is 10.0 Å². The van der Waals surface area contributed by atoms with Crippen molar-refractivity contribution >= 4 is 5.97 Å². The molecule has 0 bridgehead atoms. The Labute approximate surface area is 72.0 Å². The summed E-state index contributed by atoms with van der Waals surface area (Å²) in [7, 11) is 1.46. The maximum absolute atomic E-state index is 11.2. The maximum atomic E-state index is 11.2. The van der Waals surface area contributed by atoms with Gasteiger partial charge in [-0.05, 0) is 6.42 Å². The first-order valence-corrected chi connectivity index (χ1v) is 4.39. The number of nitrogens with zero attached hydrogens (tertiary/aromatic N) is 2. The molecule has 0 unspecified atom stereocenters. The van der Waals surface area contributed by atoms with E-state index in [1.165, 1.54) is 13.5 Å². The minimum atomic E-state index is -0.0654. The molecule has 2 fully saturated rings. The fourth-order valence-electron chi connectivity index (χ4n) is 2.01. The highest BCUT2D eigenvalue weighted by Gasteiger charge is 2.37. The lowest BCUT2D eigenvalue weighted by atomic mass is 10.1. The Morgan fingerprint density at radius 1 is 1.33 bits per heavy atom. The zero-order valence-corrected chi connectivity index (χ0v) is 7.32. The third-order valence-electron chi connectivity index (χ3n) is 2.63. The van der Waals surface area contributed by atoms with Gasteiger partial charge in [-0.3, -0.25) is 4.79 Å². The van der Waals surface area contributed by atoms with Crippen LogP contribution in [0.5, 0.6) is 0 Å². The molecule has 0 aromatic heterocycles. The van der Waals surface area contributed by atoms with E-state index in [1.54, 1.807) is 0 Å². The molecule has 0 atom stereocenters. The normalized spacial score (nSPS) is 26.1. The summed E-state index contributed by atoms with van der Waals surface area (Å²) in [5.74, 6) is 0.0136. The highest BCUT2D eigenvalue weighted by atomic mass is 16.5. The van der Waals surface area contributed by atoms with Gasteiger partial charge < -0.3 is 4.74 Å². The number of hydrazine groups is 1. The number of hydrogen-bond donors (Lipinski definition) is 0. The largest absolute Gasteiger partial charge is 0.469 e. The SMILES string of the molecule is COC(=O)C1CN2CCCN2C1. The Balaban J connectivity index is 1.94. The standard InChI is InChI=1S/C8H14N2O2/c1-12-8(11)7-5-9-3-2-4-10(9)6-7/h7H,2-6H2,1H3. The van der Waals surface area contributed by atoms with Crippen LogP contribution in [0, 0.1) is 5.92 Å². The first-order chi connectivity index (χ1) is 5.81. The highest BCUT2D eigenvalue weighted by Crippen LogP contribution is 2.22. The van der Waals surface area contributed by atoms with Crippen molar-refractivity contribution in [3.63, 3.8) is 0 Å². The van der Waals surface area contributed by atoms with Gasteiger partial charge in [-0.1, -0.05) is 0 Å². The van der Waals surface area contributed by atoms with Gasteiger partial charge in [0, 0.05) is 26.2 Å². The molecule has 68 valence electrons. The fourth-order valence-corrected chi connectivity index (χ4v) is 2.01. The molecule has 0 radical (unpaired) electrons. The van der Waals surface area contributed by atoms with Crippen LogP contribution in [0.25, 0.3) is 0 Å². The number of carbonyl (C=O) groups excluding carboxylic acids is 1. The third-order valence-corrected chi connectivity index (χ3v) is 2.63. The van der Waals surface area contributed by atoms with E-state index in [-0.39, 0.29) is 11.9 Å². The molecular weight excluding hydrogens is 156 g/mol. The summed E-state index contributed by atoms with van der Waals surface area (Å²) < 4.78 is 4.71. The second-order valence-corrected chi connectivity index (χ2v) is 3.40. The van der Waals surface area contributed by atoms with E-state index in [0.29, 0.717) is 0 Å². The Morgan fingerprint density at radius 2 is 1.92 bits per heavy atom. The Morgan fingerprint density at radius 3 is 2.42 bits per heavy atom. The Hall–Kier alpha value is -0.610. The van der Waals surface area contributed by atoms with Crippen molar-refractivity contribution in [2.45, 2.75) is 6.42 Å². The molecule has 0 aliphatic carbocycles. The minimum Gasteiger partial charge on any atom is -0.469 e. The van der Waals surface area contributed by atoms with Crippen LogP contribution < -0.4 is 0 Å². The van der Waals surface area contributed by atoms with Gasteiger partial charge in [0.1, 0.15) is 0 Å². The fraction of sp³-hybridized carbons (Fsp3) is 0.875. The zero-order valence-electron chi connectivity index (χ0n) is 7.32. The molecule has 0 spiro atoms. The Kier molecular flexibility index (Phi) is 2.02. The molecule has 2 heterocycles. The predicted octanol–water partition coefficient (Wildman–Crippen LogP) is -0.288. The van der Waals surface area contributed by atoms with Gasteiger partial charge in [-0.2, -0.15) is 0 Å². The summed E-state index contributed by atoms with van der Waals surface area (Å²) >= 11 is 0. The van der Waals surface area contributed by atoms with Gasteiger partial charge in [0.05, 0.1) is 13.0 Å². The van der Waals surface area contributed by atoms with E-state index in [9.17, 15) is 4.79 Å². The van der Waals surface area contributed by atoms with Crippen LogP contribution in [0.4, 0.5) is 0 Å². The molecule has 0 aromatic carbocycles. The van der Waals surface area contributed by atoms with Gasteiger partial charge in [-0.15, -0.1) is 0 Å². The molecule has 12 heavy (non-hydrogen) atoms. The summed E-state index contributed by atoms with van der Waals surface area (Å²) in [6.07, 6.45) is 1.23. The van der Waals surface area contributed by atoms with Gasteiger partial charge in [0.15, 0.2) is 0 Å². The number of carbonyl (C=O) groups is 1. The number of rotatable bonds is 1.